The third-order valence-corrected chi connectivity index (χ3v) is 3.05. The van der Waals surface area contributed by atoms with Gasteiger partial charge < -0.3 is 11.1 Å². The first-order valence-corrected chi connectivity index (χ1v) is 6.13. The van der Waals surface area contributed by atoms with Gasteiger partial charge in [0.1, 0.15) is 0 Å². The van der Waals surface area contributed by atoms with Gasteiger partial charge in [-0.2, -0.15) is 0 Å². The van der Waals surface area contributed by atoms with Crippen LogP contribution in [-0.2, 0) is 6.54 Å². The molecule has 0 saturated carbocycles. The Morgan fingerprint density at radius 2 is 2.05 bits per heavy atom. The van der Waals surface area contributed by atoms with Crippen LogP contribution in [0.25, 0.3) is 0 Å². The van der Waals surface area contributed by atoms with Gasteiger partial charge in [-0.1, -0.05) is 12.1 Å². The van der Waals surface area contributed by atoms with Gasteiger partial charge in [-0.25, -0.2) is 0 Å². The Kier molecular flexibility index (Phi) is 3.80. The molecule has 0 atom stereocenters. The number of nitrogen functional groups attached to an aromatic ring is 1. The van der Waals surface area contributed by atoms with E-state index in [1.54, 1.807) is 24.4 Å². The van der Waals surface area contributed by atoms with Crippen LogP contribution in [0.2, 0.25) is 0 Å². The first-order chi connectivity index (χ1) is 9.08. The van der Waals surface area contributed by atoms with Crippen molar-refractivity contribution in [3.05, 3.63) is 58.9 Å². The van der Waals surface area contributed by atoms with E-state index in [1.807, 2.05) is 26.0 Å². The molecule has 2 aromatic rings. The molecule has 0 spiro atoms. The highest BCUT2D eigenvalue weighted by molar-refractivity contribution is 5.96. The SMILES string of the molecule is Cc1ccc(CNC(=O)c2cccc(N)c2C)cn1. The minimum atomic E-state index is -0.120. The lowest BCUT2D eigenvalue weighted by atomic mass is 10.1. The molecule has 1 aromatic carbocycles. The highest BCUT2D eigenvalue weighted by atomic mass is 16.1. The first-order valence-electron chi connectivity index (χ1n) is 6.13. The van der Waals surface area contributed by atoms with E-state index in [9.17, 15) is 4.79 Å². The Bertz CT molecular complexity index is 591. The minimum Gasteiger partial charge on any atom is -0.398 e. The monoisotopic (exact) mass is 255 g/mol. The number of carbonyl (C=O) groups is 1. The minimum absolute atomic E-state index is 0.120. The van der Waals surface area contributed by atoms with Gasteiger partial charge in [0, 0.05) is 29.7 Å². The van der Waals surface area contributed by atoms with Crippen LogP contribution in [0, 0.1) is 13.8 Å². The van der Waals surface area contributed by atoms with Crippen molar-refractivity contribution in [1.29, 1.82) is 0 Å². The summed E-state index contributed by atoms with van der Waals surface area (Å²) in [5.74, 6) is -0.120. The number of carbonyl (C=O) groups excluding carboxylic acids is 1. The molecule has 2 rings (SSSR count). The number of aromatic nitrogens is 1. The third-order valence-electron chi connectivity index (χ3n) is 3.05. The zero-order chi connectivity index (χ0) is 13.8. The van der Waals surface area contributed by atoms with Gasteiger partial charge in [0.25, 0.3) is 5.91 Å². The molecular formula is C15H17N3O. The highest BCUT2D eigenvalue weighted by Crippen LogP contribution is 2.15. The summed E-state index contributed by atoms with van der Waals surface area (Å²) >= 11 is 0. The van der Waals surface area contributed by atoms with Gasteiger partial charge in [-0.3, -0.25) is 9.78 Å². The summed E-state index contributed by atoms with van der Waals surface area (Å²) in [6, 6.07) is 9.22. The maximum absolute atomic E-state index is 12.1. The number of nitrogens with one attached hydrogen (secondary N) is 1. The lowest BCUT2D eigenvalue weighted by Crippen LogP contribution is -2.24. The van der Waals surface area contributed by atoms with Crippen LogP contribution < -0.4 is 11.1 Å². The van der Waals surface area contributed by atoms with Crippen LogP contribution in [-0.4, -0.2) is 10.9 Å². The van der Waals surface area contributed by atoms with E-state index in [-0.39, 0.29) is 5.91 Å². The molecule has 3 N–H and O–H groups in total. The van der Waals surface area contributed by atoms with Crippen molar-refractivity contribution in [3.63, 3.8) is 0 Å². The Hall–Kier alpha value is -2.36. The van der Waals surface area contributed by atoms with Crippen molar-refractivity contribution in [3.8, 4) is 0 Å². The molecule has 0 aliphatic heterocycles. The van der Waals surface area contributed by atoms with Gasteiger partial charge >= 0.3 is 0 Å². The van der Waals surface area contributed by atoms with Crippen LogP contribution >= 0.6 is 0 Å². The molecular weight excluding hydrogens is 238 g/mol. The second-order valence-electron chi connectivity index (χ2n) is 4.51. The zero-order valence-electron chi connectivity index (χ0n) is 11.1. The van der Waals surface area contributed by atoms with Crippen molar-refractivity contribution < 1.29 is 4.79 Å². The van der Waals surface area contributed by atoms with Crippen molar-refractivity contribution in [1.82, 2.24) is 10.3 Å². The molecule has 0 radical (unpaired) electrons. The van der Waals surface area contributed by atoms with Crippen LogP contribution in [0.15, 0.2) is 36.5 Å². The normalized spacial score (nSPS) is 10.2. The summed E-state index contributed by atoms with van der Waals surface area (Å²) in [4.78, 5) is 16.3. The maximum Gasteiger partial charge on any atom is 0.251 e. The second-order valence-corrected chi connectivity index (χ2v) is 4.51. The number of rotatable bonds is 3. The highest BCUT2D eigenvalue weighted by Gasteiger charge is 2.09. The van der Waals surface area contributed by atoms with E-state index in [0.717, 1.165) is 16.8 Å². The number of nitrogens with zero attached hydrogens (tertiary/aromatic N) is 1. The summed E-state index contributed by atoms with van der Waals surface area (Å²) in [5, 5.41) is 2.87. The number of anilines is 1. The number of pyridine rings is 1. The van der Waals surface area contributed by atoms with E-state index >= 15 is 0 Å². The average Bonchev–Trinajstić information content (AvgIpc) is 2.41. The van der Waals surface area contributed by atoms with Crippen LogP contribution in [0.4, 0.5) is 5.69 Å². The molecule has 0 bridgehead atoms. The molecule has 0 aliphatic rings. The number of hydrogen-bond acceptors (Lipinski definition) is 3. The number of amides is 1. The molecule has 98 valence electrons. The van der Waals surface area contributed by atoms with E-state index in [2.05, 4.69) is 10.3 Å². The smallest absolute Gasteiger partial charge is 0.251 e. The number of hydrogen-bond donors (Lipinski definition) is 2. The van der Waals surface area contributed by atoms with Crippen LogP contribution in [0.3, 0.4) is 0 Å². The van der Waals surface area contributed by atoms with E-state index in [1.165, 1.54) is 0 Å². The summed E-state index contributed by atoms with van der Waals surface area (Å²) in [6.45, 7) is 4.23. The molecule has 1 heterocycles. The molecule has 1 aromatic heterocycles. The molecule has 4 heteroatoms. The van der Waals surface area contributed by atoms with Gasteiger partial charge in [-0.05, 0) is 43.2 Å². The molecule has 1 amide bonds. The lowest BCUT2D eigenvalue weighted by Gasteiger charge is -2.09. The third kappa shape index (κ3) is 3.10. The van der Waals surface area contributed by atoms with Gasteiger partial charge in [0.15, 0.2) is 0 Å². The fourth-order valence-electron chi connectivity index (χ4n) is 1.78. The summed E-state index contributed by atoms with van der Waals surface area (Å²) in [5.41, 5.74) is 9.77. The fourth-order valence-corrected chi connectivity index (χ4v) is 1.78. The molecule has 0 saturated heterocycles. The largest absolute Gasteiger partial charge is 0.398 e. The fraction of sp³-hybridized carbons (Fsp3) is 0.200. The summed E-state index contributed by atoms with van der Waals surface area (Å²) in [7, 11) is 0. The molecule has 19 heavy (non-hydrogen) atoms. The molecule has 0 unspecified atom stereocenters. The average molecular weight is 255 g/mol. The first kappa shape index (κ1) is 13.1. The summed E-state index contributed by atoms with van der Waals surface area (Å²) < 4.78 is 0. The predicted molar refractivity (Wildman–Crippen MR) is 75.7 cm³/mol. The van der Waals surface area contributed by atoms with Crippen molar-refractivity contribution in [2.24, 2.45) is 0 Å². The van der Waals surface area contributed by atoms with Crippen molar-refractivity contribution >= 4 is 11.6 Å². The Labute approximate surface area is 112 Å². The van der Waals surface area contributed by atoms with Crippen molar-refractivity contribution in [2.45, 2.75) is 20.4 Å². The standard InChI is InChI=1S/C15H17N3O/c1-10-6-7-12(8-17-10)9-18-15(19)13-4-3-5-14(16)11(13)2/h3-8H,9,16H2,1-2H3,(H,18,19). The molecule has 0 fully saturated rings. The summed E-state index contributed by atoms with van der Waals surface area (Å²) in [6.07, 6.45) is 1.77. The Morgan fingerprint density at radius 1 is 1.26 bits per heavy atom. The van der Waals surface area contributed by atoms with Gasteiger partial charge in [-0.15, -0.1) is 0 Å². The topological polar surface area (TPSA) is 68.0 Å². The lowest BCUT2D eigenvalue weighted by molar-refractivity contribution is 0.0950. The van der Waals surface area contributed by atoms with E-state index in [0.29, 0.717) is 17.8 Å². The zero-order valence-corrected chi connectivity index (χ0v) is 11.1. The number of aryl methyl sites for hydroxylation is 1. The number of nitrogens with two attached hydrogens (primary N) is 1. The number of benzene rings is 1. The quantitative estimate of drug-likeness (QED) is 0.826. The van der Waals surface area contributed by atoms with E-state index in [4.69, 9.17) is 5.73 Å². The van der Waals surface area contributed by atoms with Crippen LogP contribution in [0.5, 0.6) is 0 Å². The maximum atomic E-state index is 12.1. The predicted octanol–water partition coefficient (Wildman–Crippen LogP) is 2.21. The van der Waals surface area contributed by atoms with Gasteiger partial charge in [0.2, 0.25) is 0 Å². The second kappa shape index (κ2) is 5.52. The molecule has 4 nitrogen and oxygen atoms in total. The van der Waals surface area contributed by atoms with E-state index < -0.39 is 0 Å². The van der Waals surface area contributed by atoms with Crippen LogP contribution in [0.1, 0.15) is 27.2 Å². The molecule has 0 aliphatic carbocycles. The Balaban J connectivity index is 2.05. The van der Waals surface area contributed by atoms with Crippen molar-refractivity contribution in [2.75, 3.05) is 5.73 Å². The Morgan fingerprint density at radius 3 is 2.74 bits per heavy atom. The van der Waals surface area contributed by atoms with Gasteiger partial charge in [0.05, 0.1) is 0 Å².